The van der Waals surface area contributed by atoms with Crippen LogP contribution in [0.25, 0.3) is 0 Å². The fraction of sp³-hybridized carbons (Fsp3) is 0.333. The summed E-state index contributed by atoms with van der Waals surface area (Å²) >= 11 is 0. The van der Waals surface area contributed by atoms with E-state index in [4.69, 9.17) is 0 Å². The fourth-order valence-electron chi connectivity index (χ4n) is 2.48. The molecule has 0 unspecified atom stereocenters. The van der Waals surface area contributed by atoms with E-state index in [1.54, 1.807) is 48.8 Å². The Morgan fingerprint density at radius 3 is 1.62 bits per heavy atom. The second-order valence-electron chi connectivity index (χ2n) is 6.16. The van der Waals surface area contributed by atoms with Gasteiger partial charge >= 0.3 is 0 Å². The molecular formula is C21H25N3O2-2. The maximum atomic E-state index is 11.5. The van der Waals surface area contributed by atoms with Crippen molar-refractivity contribution in [3.8, 4) is 11.5 Å². The van der Waals surface area contributed by atoms with E-state index < -0.39 is 0 Å². The quantitative estimate of drug-likeness (QED) is 0.486. The molecular weight excluding hydrogens is 326 g/mol. The predicted octanol–water partition coefficient (Wildman–Crippen LogP) is 2.08. The maximum absolute atomic E-state index is 11.5. The fourth-order valence-corrected chi connectivity index (χ4v) is 2.48. The van der Waals surface area contributed by atoms with Crippen molar-refractivity contribution in [2.24, 2.45) is 9.98 Å². The van der Waals surface area contributed by atoms with Crippen molar-refractivity contribution in [1.29, 1.82) is 0 Å². The normalized spacial score (nSPS) is 11.8. The molecule has 2 rings (SSSR count). The predicted molar refractivity (Wildman–Crippen MR) is 103 cm³/mol. The number of nitrogens with zero attached hydrogens (tertiary/aromatic N) is 3. The van der Waals surface area contributed by atoms with Crippen LogP contribution in [0.2, 0.25) is 0 Å². The van der Waals surface area contributed by atoms with E-state index in [1.165, 1.54) is 0 Å². The monoisotopic (exact) mass is 351 g/mol. The number of benzene rings is 2. The molecule has 0 radical (unpaired) electrons. The van der Waals surface area contributed by atoms with E-state index in [1.807, 2.05) is 12.1 Å². The second-order valence-corrected chi connectivity index (χ2v) is 6.16. The topological polar surface area (TPSA) is 74.1 Å². The van der Waals surface area contributed by atoms with Crippen molar-refractivity contribution < 1.29 is 10.2 Å². The van der Waals surface area contributed by atoms with Gasteiger partial charge in [-0.3, -0.25) is 9.98 Å². The third-order valence-electron chi connectivity index (χ3n) is 3.95. The molecule has 0 amide bonds. The SMILES string of the molecule is CN(CCCN=Cc1ccccc1[O-])CCCN=Cc1ccccc1[O-]. The van der Waals surface area contributed by atoms with Crippen molar-refractivity contribution in [3.63, 3.8) is 0 Å². The van der Waals surface area contributed by atoms with Crippen molar-refractivity contribution in [1.82, 2.24) is 4.90 Å². The van der Waals surface area contributed by atoms with Gasteiger partial charge in [-0.25, -0.2) is 0 Å². The summed E-state index contributed by atoms with van der Waals surface area (Å²) in [6.45, 7) is 3.31. The summed E-state index contributed by atoms with van der Waals surface area (Å²) < 4.78 is 0. The molecule has 5 nitrogen and oxygen atoms in total. The Hall–Kier alpha value is -2.66. The summed E-state index contributed by atoms with van der Waals surface area (Å²) in [5.41, 5.74) is 1.27. The second kappa shape index (κ2) is 11.1. The van der Waals surface area contributed by atoms with E-state index in [0.29, 0.717) is 24.2 Å². The Labute approximate surface area is 155 Å². The van der Waals surface area contributed by atoms with Crippen molar-refractivity contribution in [2.75, 3.05) is 33.2 Å². The first-order valence-electron chi connectivity index (χ1n) is 8.87. The number of hydrogen-bond acceptors (Lipinski definition) is 5. The van der Waals surface area contributed by atoms with Gasteiger partial charge in [0, 0.05) is 25.5 Å². The van der Waals surface area contributed by atoms with E-state index in [9.17, 15) is 10.2 Å². The van der Waals surface area contributed by atoms with Crippen LogP contribution < -0.4 is 10.2 Å². The van der Waals surface area contributed by atoms with E-state index in [2.05, 4.69) is 21.9 Å². The third-order valence-corrected chi connectivity index (χ3v) is 3.95. The lowest BCUT2D eigenvalue weighted by Crippen LogP contribution is -2.22. The zero-order valence-electron chi connectivity index (χ0n) is 15.2. The first-order valence-corrected chi connectivity index (χ1v) is 8.87. The zero-order chi connectivity index (χ0) is 18.6. The Balaban J connectivity index is 1.57. The van der Waals surface area contributed by atoms with Gasteiger partial charge in [-0.15, -0.1) is 11.5 Å². The molecule has 138 valence electrons. The van der Waals surface area contributed by atoms with Crippen LogP contribution in [0, 0.1) is 0 Å². The highest BCUT2D eigenvalue weighted by molar-refractivity contribution is 5.83. The van der Waals surface area contributed by atoms with Gasteiger partial charge in [0.2, 0.25) is 0 Å². The molecule has 0 aromatic heterocycles. The highest BCUT2D eigenvalue weighted by Crippen LogP contribution is 2.10. The summed E-state index contributed by atoms with van der Waals surface area (Å²) in [5, 5.41) is 23.1. The summed E-state index contributed by atoms with van der Waals surface area (Å²) in [4.78, 5) is 10.9. The minimum atomic E-state index is 0.00789. The number of aliphatic imine (C=N–C) groups is 2. The van der Waals surface area contributed by atoms with Gasteiger partial charge in [0.1, 0.15) is 0 Å². The van der Waals surface area contributed by atoms with Crippen LogP contribution in [0.15, 0.2) is 58.5 Å². The highest BCUT2D eigenvalue weighted by atomic mass is 16.3. The molecule has 5 heteroatoms. The number of rotatable bonds is 10. The third kappa shape index (κ3) is 7.07. The molecule has 26 heavy (non-hydrogen) atoms. The lowest BCUT2D eigenvalue weighted by Gasteiger charge is -2.15. The van der Waals surface area contributed by atoms with Gasteiger partial charge in [-0.1, -0.05) is 48.5 Å². The molecule has 0 fully saturated rings. The van der Waals surface area contributed by atoms with Crippen LogP contribution in [0.5, 0.6) is 11.5 Å². The minimum Gasteiger partial charge on any atom is -0.872 e. The largest absolute Gasteiger partial charge is 0.872 e. The molecule has 0 bridgehead atoms. The standard InChI is InChI=1S/C21H27N3O2/c1-24(14-6-12-22-16-18-8-2-4-10-20(18)25)15-7-13-23-17-19-9-3-5-11-21(19)26/h2-5,8-11,16-17,25-26H,6-7,12-15H2,1H3/p-2. The lowest BCUT2D eigenvalue weighted by atomic mass is 10.2. The molecule has 0 saturated heterocycles. The van der Waals surface area contributed by atoms with Crippen LogP contribution in [0.1, 0.15) is 24.0 Å². The van der Waals surface area contributed by atoms with Crippen molar-refractivity contribution >= 4 is 12.4 Å². The molecule has 0 heterocycles. The van der Waals surface area contributed by atoms with Gasteiger partial charge in [0.05, 0.1) is 0 Å². The van der Waals surface area contributed by atoms with Gasteiger partial charge in [-0.2, -0.15) is 0 Å². The summed E-state index contributed by atoms with van der Waals surface area (Å²) in [6.07, 6.45) is 5.21. The molecule has 0 spiro atoms. The molecule has 0 saturated carbocycles. The van der Waals surface area contributed by atoms with Crippen LogP contribution >= 0.6 is 0 Å². The summed E-state index contributed by atoms with van der Waals surface area (Å²) in [6, 6.07) is 13.8. The summed E-state index contributed by atoms with van der Waals surface area (Å²) in [5.74, 6) is 0.0158. The smallest absolute Gasteiger partial charge is 0.0401 e. The average Bonchev–Trinajstić information content (AvgIpc) is 2.64. The van der Waals surface area contributed by atoms with E-state index in [-0.39, 0.29) is 11.5 Å². The van der Waals surface area contributed by atoms with Crippen LogP contribution in [0.3, 0.4) is 0 Å². The Morgan fingerprint density at radius 2 is 1.19 bits per heavy atom. The molecule has 0 aliphatic carbocycles. The van der Waals surface area contributed by atoms with E-state index >= 15 is 0 Å². The molecule has 0 N–H and O–H groups in total. The molecule has 2 aromatic rings. The highest BCUT2D eigenvalue weighted by Gasteiger charge is 1.97. The Bertz CT molecular complexity index is 667. The number of hydrogen-bond donors (Lipinski definition) is 0. The lowest BCUT2D eigenvalue weighted by molar-refractivity contribution is -0.269. The van der Waals surface area contributed by atoms with E-state index in [0.717, 1.165) is 25.9 Å². The summed E-state index contributed by atoms with van der Waals surface area (Å²) in [7, 11) is 2.08. The first-order chi connectivity index (χ1) is 12.7. The average molecular weight is 351 g/mol. The van der Waals surface area contributed by atoms with Crippen LogP contribution in [-0.2, 0) is 0 Å². The molecule has 0 atom stereocenters. The van der Waals surface area contributed by atoms with Crippen molar-refractivity contribution in [3.05, 3.63) is 59.7 Å². The van der Waals surface area contributed by atoms with Gasteiger partial charge in [-0.05, 0) is 44.1 Å². The van der Waals surface area contributed by atoms with Crippen LogP contribution in [0.4, 0.5) is 0 Å². The zero-order valence-corrected chi connectivity index (χ0v) is 15.2. The van der Waals surface area contributed by atoms with Crippen molar-refractivity contribution in [2.45, 2.75) is 12.8 Å². The van der Waals surface area contributed by atoms with Gasteiger partial charge < -0.3 is 15.1 Å². The molecule has 2 aromatic carbocycles. The molecule has 0 aliphatic rings. The molecule has 0 aliphatic heterocycles. The maximum Gasteiger partial charge on any atom is 0.0401 e. The number of para-hydroxylation sites is 2. The minimum absolute atomic E-state index is 0.00789. The van der Waals surface area contributed by atoms with Gasteiger partial charge in [0.25, 0.3) is 0 Å². The Kier molecular flexibility index (Phi) is 8.36. The Morgan fingerprint density at radius 1 is 0.769 bits per heavy atom. The first kappa shape index (κ1) is 19.7. The van der Waals surface area contributed by atoms with Crippen LogP contribution in [-0.4, -0.2) is 50.6 Å². The van der Waals surface area contributed by atoms with Gasteiger partial charge in [0.15, 0.2) is 0 Å².